The predicted octanol–water partition coefficient (Wildman–Crippen LogP) is 2.20. The second-order valence-electron chi connectivity index (χ2n) is 4.56. The van der Waals surface area contributed by atoms with Crippen molar-refractivity contribution < 1.29 is 9.13 Å². The zero-order chi connectivity index (χ0) is 13.1. The molecule has 0 spiro atoms. The first kappa shape index (κ1) is 13.7. The summed E-state index contributed by atoms with van der Waals surface area (Å²) in [5.41, 5.74) is 6.31. The molecule has 0 unspecified atom stereocenters. The molecule has 0 aliphatic carbocycles. The van der Waals surface area contributed by atoms with Gasteiger partial charge >= 0.3 is 0 Å². The second kappa shape index (κ2) is 5.97. The molecule has 1 aromatic rings. The van der Waals surface area contributed by atoms with Gasteiger partial charge in [0.05, 0.1) is 18.8 Å². The van der Waals surface area contributed by atoms with E-state index in [1.54, 1.807) is 12.1 Å². The molecular weight excluding hydrogens is 255 g/mol. The highest BCUT2D eigenvalue weighted by atomic mass is 35.5. The molecule has 18 heavy (non-hydrogen) atoms. The molecular formula is C13H18ClFN2O. The lowest BCUT2D eigenvalue weighted by molar-refractivity contribution is -0.0337. The molecule has 1 aliphatic heterocycles. The number of benzene rings is 1. The van der Waals surface area contributed by atoms with Crippen LogP contribution in [-0.2, 0) is 4.74 Å². The van der Waals surface area contributed by atoms with Gasteiger partial charge in [0.25, 0.3) is 0 Å². The highest BCUT2D eigenvalue weighted by Crippen LogP contribution is 2.30. The number of morpholine rings is 1. The Labute approximate surface area is 112 Å². The van der Waals surface area contributed by atoms with Gasteiger partial charge in [-0.1, -0.05) is 17.7 Å². The van der Waals surface area contributed by atoms with Crippen LogP contribution in [0.3, 0.4) is 0 Å². The summed E-state index contributed by atoms with van der Waals surface area (Å²) in [4.78, 5) is 2.14. The van der Waals surface area contributed by atoms with Crippen LogP contribution >= 0.6 is 11.6 Å². The predicted molar refractivity (Wildman–Crippen MR) is 70.2 cm³/mol. The van der Waals surface area contributed by atoms with Crippen LogP contribution in [0.1, 0.15) is 18.5 Å². The molecule has 0 bridgehead atoms. The number of hydrogen-bond acceptors (Lipinski definition) is 3. The van der Waals surface area contributed by atoms with E-state index in [0.717, 1.165) is 13.1 Å². The number of hydrogen-bond donors (Lipinski definition) is 1. The Balaban J connectivity index is 2.27. The first-order chi connectivity index (χ1) is 8.63. The number of nitrogens with two attached hydrogens (primary N) is 1. The van der Waals surface area contributed by atoms with Crippen molar-refractivity contribution >= 4 is 11.6 Å². The number of ether oxygens (including phenoxy) is 1. The molecule has 0 radical (unpaired) electrons. The first-order valence-corrected chi connectivity index (χ1v) is 6.51. The van der Waals surface area contributed by atoms with Gasteiger partial charge in [-0.25, -0.2) is 4.39 Å². The van der Waals surface area contributed by atoms with Crippen LogP contribution in [0.2, 0.25) is 5.02 Å². The zero-order valence-electron chi connectivity index (χ0n) is 10.4. The fourth-order valence-corrected chi connectivity index (χ4v) is 2.70. The molecule has 0 saturated carbocycles. The minimum atomic E-state index is -0.294. The highest BCUT2D eigenvalue weighted by molar-refractivity contribution is 6.31. The van der Waals surface area contributed by atoms with Gasteiger partial charge in [-0.05, 0) is 19.1 Å². The van der Waals surface area contributed by atoms with E-state index in [2.05, 4.69) is 4.90 Å². The summed E-state index contributed by atoms with van der Waals surface area (Å²) in [6.07, 6.45) is 0.137. The molecule has 1 saturated heterocycles. The average molecular weight is 273 g/mol. The van der Waals surface area contributed by atoms with Gasteiger partial charge in [0.1, 0.15) is 5.82 Å². The molecule has 3 nitrogen and oxygen atoms in total. The minimum Gasteiger partial charge on any atom is -0.376 e. The molecule has 2 atom stereocenters. The van der Waals surface area contributed by atoms with Crippen molar-refractivity contribution in [1.82, 2.24) is 4.90 Å². The Hall–Kier alpha value is -0.680. The van der Waals surface area contributed by atoms with E-state index in [4.69, 9.17) is 22.1 Å². The van der Waals surface area contributed by atoms with Crippen LogP contribution in [0.5, 0.6) is 0 Å². The molecule has 2 rings (SSSR count). The fraction of sp³-hybridized carbons (Fsp3) is 0.538. The lowest BCUT2D eigenvalue weighted by atomic mass is 10.0. The van der Waals surface area contributed by atoms with Gasteiger partial charge in [-0.3, -0.25) is 4.90 Å². The van der Waals surface area contributed by atoms with Gasteiger partial charge in [-0.15, -0.1) is 0 Å². The Morgan fingerprint density at radius 1 is 1.61 bits per heavy atom. The van der Waals surface area contributed by atoms with E-state index in [1.165, 1.54) is 6.07 Å². The van der Waals surface area contributed by atoms with Gasteiger partial charge in [-0.2, -0.15) is 0 Å². The average Bonchev–Trinajstić information content (AvgIpc) is 2.34. The largest absolute Gasteiger partial charge is 0.376 e. The van der Waals surface area contributed by atoms with Crippen molar-refractivity contribution in [3.63, 3.8) is 0 Å². The van der Waals surface area contributed by atoms with E-state index in [1.807, 2.05) is 6.92 Å². The first-order valence-electron chi connectivity index (χ1n) is 6.13. The molecule has 0 amide bonds. The SMILES string of the molecule is C[C@H]1CN([C@@H](CN)c2c(F)cccc2Cl)CCO1. The van der Waals surface area contributed by atoms with Crippen LogP contribution in [0.25, 0.3) is 0 Å². The van der Waals surface area contributed by atoms with Crippen molar-refractivity contribution in [2.45, 2.75) is 19.1 Å². The van der Waals surface area contributed by atoms with Gasteiger partial charge < -0.3 is 10.5 Å². The summed E-state index contributed by atoms with van der Waals surface area (Å²) in [6, 6.07) is 4.54. The van der Waals surface area contributed by atoms with Crippen LogP contribution in [-0.4, -0.2) is 37.2 Å². The fourth-order valence-electron chi connectivity index (χ4n) is 2.41. The van der Waals surface area contributed by atoms with E-state index < -0.39 is 0 Å². The number of rotatable bonds is 3. The lowest BCUT2D eigenvalue weighted by Crippen LogP contribution is -2.45. The van der Waals surface area contributed by atoms with E-state index in [-0.39, 0.29) is 18.0 Å². The van der Waals surface area contributed by atoms with Crippen molar-refractivity contribution in [1.29, 1.82) is 0 Å². The summed E-state index contributed by atoms with van der Waals surface area (Å²) in [6.45, 7) is 4.48. The Kier molecular flexibility index (Phi) is 4.56. The van der Waals surface area contributed by atoms with Crippen molar-refractivity contribution in [3.8, 4) is 0 Å². The van der Waals surface area contributed by atoms with Crippen LogP contribution in [0, 0.1) is 5.82 Å². The van der Waals surface area contributed by atoms with Crippen LogP contribution in [0.15, 0.2) is 18.2 Å². The Bertz CT molecular complexity index is 396. The molecule has 1 heterocycles. The summed E-state index contributed by atoms with van der Waals surface area (Å²) in [7, 11) is 0. The van der Waals surface area contributed by atoms with Crippen LogP contribution in [0.4, 0.5) is 4.39 Å². The molecule has 0 aromatic heterocycles. The monoisotopic (exact) mass is 272 g/mol. The van der Waals surface area contributed by atoms with E-state index >= 15 is 0 Å². The zero-order valence-corrected chi connectivity index (χ0v) is 11.2. The second-order valence-corrected chi connectivity index (χ2v) is 4.97. The molecule has 1 aliphatic rings. The van der Waals surface area contributed by atoms with Crippen molar-refractivity contribution in [2.75, 3.05) is 26.2 Å². The Morgan fingerprint density at radius 3 is 3.00 bits per heavy atom. The van der Waals surface area contributed by atoms with Gasteiger partial charge in [0.2, 0.25) is 0 Å². The van der Waals surface area contributed by atoms with E-state index in [0.29, 0.717) is 23.7 Å². The number of nitrogens with zero attached hydrogens (tertiary/aromatic N) is 1. The topological polar surface area (TPSA) is 38.5 Å². The summed E-state index contributed by atoms with van der Waals surface area (Å²) in [5.74, 6) is -0.294. The molecule has 1 fully saturated rings. The maximum absolute atomic E-state index is 13.9. The minimum absolute atomic E-state index is 0.137. The third-order valence-electron chi connectivity index (χ3n) is 3.27. The van der Waals surface area contributed by atoms with Gasteiger partial charge in [0.15, 0.2) is 0 Å². The quantitative estimate of drug-likeness (QED) is 0.917. The lowest BCUT2D eigenvalue weighted by Gasteiger charge is -2.37. The van der Waals surface area contributed by atoms with Crippen molar-refractivity contribution in [2.24, 2.45) is 5.73 Å². The number of halogens is 2. The third kappa shape index (κ3) is 2.83. The molecule has 2 N–H and O–H groups in total. The van der Waals surface area contributed by atoms with Gasteiger partial charge in [0, 0.05) is 30.2 Å². The summed E-state index contributed by atoms with van der Waals surface area (Å²) < 4.78 is 19.4. The van der Waals surface area contributed by atoms with E-state index in [9.17, 15) is 4.39 Å². The summed E-state index contributed by atoms with van der Waals surface area (Å²) in [5, 5.41) is 0.435. The van der Waals surface area contributed by atoms with Crippen molar-refractivity contribution in [3.05, 3.63) is 34.6 Å². The molecule has 5 heteroatoms. The third-order valence-corrected chi connectivity index (χ3v) is 3.60. The Morgan fingerprint density at radius 2 is 2.39 bits per heavy atom. The van der Waals surface area contributed by atoms with Crippen LogP contribution < -0.4 is 5.73 Å². The standard InChI is InChI=1S/C13H18ClFN2O/c1-9-8-17(5-6-18-9)12(7-16)13-10(14)3-2-4-11(13)15/h2-4,9,12H,5-8,16H2,1H3/t9-,12-/m0/s1. The summed E-state index contributed by atoms with van der Waals surface area (Å²) >= 11 is 6.11. The highest BCUT2D eigenvalue weighted by Gasteiger charge is 2.27. The normalized spacial score (nSPS) is 23.0. The maximum Gasteiger partial charge on any atom is 0.129 e. The molecule has 1 aromatic carbocycles. The molecule has 100 valence electrons. The maximum atomic E-state index is 13.9. The smallest absolute Gasteiger partial charge is 0.129 e.